The Hall–Kier alpha value is -3.25. The molecule has 0 N–H and O–H groups in total. The van der Waals surface area contributed by atoms with Crippen LogP contribution in [-0.4, -0.2) is 34.9 Å². The Kier molecular flexibility index (Phi) is 7.18. The van der Waals surface area contributed by atoms with E-state index in [1.807, 2.05) is 31.9 Å². The number of rotatable bonds is 4. The van der Waals surface area contributed by atoms with E-state index >= 15 is 0 Å². The van der Waals surface area contributed by atoms with E-state index in [-0.39, 0.29) is 11.3 Å². The van der Waals surface area contributed by atoms with Crippen LogP contribution in [0.5, 0.6) is 5.75 Å². The maximum atomic E-state index is 13.3. The van der Waals surface area contributed by atoms with Gasteiger partial charge in [0, 0.05) is 12.1 Å². The average molecular weight is 474 g/mol. The van der Waals surface area contributed by atoms with Gasteiger partial charge in [0.1, 0.15) is 5.75 Å². The van der Waals surface area contributed by atoms with Crippen LogP contribution < -0.4 is 4.74 Å². The molecule has 5 nitrogen and oxygen atoms in total. The first-order valence-electron chi connectivity index (χ1n) is 10.1. The fourth-order valence-corrected chi connectivity index (χ4v) is 4.39. The Bertz CT molecular complexity index is 1180. The third-order valence-electron chi connectivity index (χ3n) is 5.32. The van der Waals surface area contributed by atoms with Gasteiger partial charge in [-0.25, -0.2) is 9.79 Å². The first-order valence-corrected chi connectivity index (χ1v) is 11.4. The first-order chi connectivity index (χ1) is 15.6. The average Bonchev–Trinajstić information content (AvgIpc) is 2.77. The Morgan fingerprint density at radius 3 is 2.58 bits per heavy atom. The number of amidine groups is 1. The zero-order valence-electron chi connectivity index (χ0n) is 18.5. The number of alkyl halides is 3. The third kappa shape index (κ3) is 5.06. The molecule has 0 bridgehead atoms. The van der Waals surface area contributed by atoms with Gasteiger partial charge in [-0.1, -0.05) is 23.9 Å². The highest BCUT2D eigenvalue weighted by atomic mass is 32.2. The molecule has 33 heavy (non-hydrogen) atoms. The number of nitrogens with zero attached hydrogens (tertiary/aromatic N) is 3. The lowest BCUT2D eigenvalue weighted by atomic mass is 9.95. The van der Waals surface area contributed by atoms with Crippen molar-refractivity contribution in [3.63, 3.8) is 0 Å². The SMILES string of the molecule is CCN1C(SC)=NC(c2ccc(C#N)cc2C)=C(C(=O)Oc2cccc(C(F)(F)F)c2)C1C. The van der Waals surface area contributed by atoms with Crippen LogP contribution in [0.3, 0.4) is 0 Å². The predicted octanol–water partition coefficient (Wildman–Crippen LogP) is 5.65. The van der Waals surface area contributed by atoms with Crippen LogP contribution >= 0.6 is 11.8 Å². The molecule has 0 fully saturated rings. The van der Waals surface area contributed by atoms with E-state index < -0.39 is 23.8 Å². The molecular weight excluding hydrogens is 451 g/mol. The number of aryl methyl sites for hydroxylation is 1. The molecule has 2 aromatic rings. The second-order valence-electron chi connectivity index (χ2n) is 7.38. The molecule has 0 spiro atoms. The van der Waals surface area contributed by atoms with Crippen LogP contribution in [0.25, 0.3) is 5.70 Å². The zero-order chi connectivity index (χ0) is 24.3. The van der Waals surface area contributed by atoms with Gasteiger partial charge in [-0.2, -0.15) is 18.4 Å². The van der Waals surface area contributed by atoms with E-state index in [0.717, 1.165) is 17.7 Å². The largest absolute Gasteiger partial charge is 0.423 e. The number of thioether (sulfide) groups is 1. The number of halogens is 3. The molecule has 3 rings (SSSR count). The predicted molar refractivity (Wildman–Crippen MR) is 123 cm³/mol. The molecule has 0 saturated carbocycles. The summed E-state index contributed by atoms with van der Waals surface area (Å²) in [6.07, 6.45) is -2.68. The van der Waals surface area contributed by atoms with Gasteiger partial charge < -0.3 is 9.64 Å². The Labute approximate surface area is 194 Å². The number of carbonyl (C=O) groups is 1. The minimum Gasteiger partial charge on any atom is -0.423 e. The maximum absolute atomic E-state index is 13.3. The summed E-state index contributed by atoms with van der Waals surface area (Å²) in [6, 6.07) is 10.9. The minimum atomic E-state index is -4.55. The van der Waals surface area contributed by atoms with E-state index in [1.165, 1.54) is 23.9 Å². The van der Waals surface area contributed by atoms with Crippen molar-refractivity contribution in [2.45, 2.75) is 33.0 Å². The van der Waals surface area contributed by atoms with E-state index in [1.54, 1.807) is 18.2 Å². The number of esters is 1. The van der Waals surface area contributed by atoms with Crippen molar-refractivity contribution in [3.05, 3.63) is 70.3 Å². The fourth-order valence-electron chi connectivity index (χ4n) is 3.68. The van der Waals surface area contributed by atoms with E-state index in [9.17, 15) is 23.2 Å². The molecule has 1 unspecified atom stereocenters. The maximum Gasteiger partial charge on any atom is 0.416 e. The lowest BCUT2D eigenvalue weighted by molar-refractivity contribution is -0.138. The molecular formula is C24H22F3N3O2S. The molecule has 172 valence electrons. The number of hydrogen-bond donors (Lipinski definition) is 0. The topological polar surface area (TPSA) is 65.7 Å². The summed E-state index contributed by atoms with van der Waals surface area (Å²) in [5, 5.41) is 9.89. The van der Waals surface area contributed by atoms with Crippen LogP contribution in [0, 0.1) is 18.3 Å². The van der Waals surface area contributed by atoms with Gasteiger partial charge in [0.2, 0.25) is 0 Å². The van der Waals surface area contributed by atoms with E-state index in [2.05, 4.69) is 6.07 Å². The van der Waals surface area contributed by atoms with Gasteiger partial charge >= 0.3 is 12.1 Å². The van der Waals surface area contributed by atoms with Gasteiger partial charge in [0.15, 0.2) is 5.17 Å². The van der Waals surface area contributed by atoms with Crippen LogP contribution in [0.15, 0.2) is 53.0 Å². The fraction of sp³-hybridized carbons (Fsp3) is 0.292. The highest BCUT2D eigenvalue weighted by Crippen LogP contribution is 2.35. The van der Waals surface area contributed by atoms with Gasteiger partial charge in [-0.3, -0.25) is 0 Å². The summed E-state index contributed by atoms with van der Waals surface area (Å²) in [7, 11) is 0. The Balaban J connectivity index is 2.13. The van der Waals surface area contributed by atoms with Gasteiger partial charge in [-0.15, -0.1) is 0 Å². The summed E-state index contributed by atoms with van der Waals surface area (Å²) < 4.78 is 44.7. The number of benzene rings is 2. The number of carbonyl (C=O) groups excluding carboxylic acids is 1. The van der Waals surface area contributed by atoms with Crippen molar-refractivity contribution < 1.29 is 22.7 Å². The van der Waals surface area contributed by atoms with E-state index in [4.69, 9.17) is 9.73 Å². The van der Waals surface area contributed by atoms with Crippen molar-refractivity contribution in [1.29, 1.82) is 5.26 Å². The number of hydrogen-bond acceptors (Lipinski definition) is 6. The molecule has 1 heterocycles. The van der Waals surface area contributed by atoms with Crippen molar-refractivity contribution in [1.82, 2.24) is 4.90 Å². The Morgan fingerprint density at radius 1 is 1.27 bits per heavy atom. The standard InChI is InChI=1S/C24H22F3N3O2S/c1-5-30-15(3)20(22(31)32-18-8-6-7-17(12-18)24(25,26)27)21(29-23(30)33-4)19-10-9-16(13-28)11-14(19)2/h6-12,15H,5H2,1-4H3. The summed E-state index contributed by atoms with van der Waals surface area (Å²) >= 11 is 1.43. The van der Waals surface area contributed by atoms with Crippen LogP contribution in [0.4, 0.5) is 13.2 Å². The monoisotopic (exact) mass is 473 g/mol. The van der Waals surface area contributed by atoms with Crippen molar-refractivity contribution in [2.75, 3.05) is 12.8 Å². The summed E-state index contributed by atoms with van der Waals surface area (Å²) in [4.78, 5) is 19.9. The summed E-state index contributed by atoms with van der Waals surface area (Å²) in [5.74, 6) is -0.976. The van der Waals surface area contributed by atoms with E-state index in [0.29, 0.717) is 28.5 Å². The number of likely N-dealkylation sites (N-methyl/N-ethyl adjacent to an activating group) is 1. The molecule has 2 aromatic carbocycles. The number of ether oxygens (including phenoxy) is 1. The molecule has 0 amide bonds. The van der Waals surface area contributed by atoms with Gasteiger partial charge in [0.05, 0.1) is 34.5 Å². The molecule has 1 aliphatic rings. The zero-order valence-corrected chi connectivity index (χ0v) is 19.3. The molecule has 9 heteroatoms. The quantitative estimate of drug-likeness (QED) is 0.424. The Morgan fingerprint density at radius 2 is 2.00 bits per heavy atom. The number of aliphatic imine (C=N–C) groups is 1. The smallest absolute Gasteiger partial charge is 0.416 e. The summed E-state index contributed by atoms with van der Waals surface area (Å²) in [5.41, 5.74) is 1.59. The molecule has 0 aliphatic carbocycles. The van der Waals surface area contributed by atoms with Gasteiger partial charge in [-0.05, 0) is 62.9 Å². The molecule has 0 radical (unpaired) electrons. The molecule has 0 aromatic heterocycles. The minimum absolute atomic E-state index is 0.201. The normalized spacial score (nSPS) is 16.4. The highest BCUT2D eigenvalue weighted by Gasteiger charge is 2.35. The lowest BCUT2D eigenvalue weighted by Gasteiger charge is -2.35. The van der Waals surface area contributed by atoms with Crippen molar-refractivity contribution >= 4 is 28.6 Å². The molecule has 1 atom stereocenters. The van der Waals surface area contributed by atoms with Crippen molar-refractivity contribution in [2.24, 2.45) is 4.99 Å². The van der Waals surface area contributed by atoms with Crippen LogP contribution in [0.2, 0.25) is 0 Å². The van der Waals surface area contributed by atoms with Gasteiger partial charge in [0.25, 0.3) is 0 Å². The van der Waals surface area contributed by atoms with Crippen LogP contribution in [-0.2, 0) is 11.0 Å². The molecule has 0 saturated heterocycles. The summed E-state index contributed by atoms with van der Waals surface area (Å²) in [6.45, 7) is 6.14. The first kappa shape index (κ1) is 24.4. The van der Waals surface area contributed by atoms with Crippen molar-refractivity contribution in [3.8, 4) is 11.8 Å². The lowest BCUT2D eigenvalue weighted by Crippen LogP contribution is -2.43. The number of nitriles is 1. The van der Waals surface area contributed by atoms with Crippen LogP contribution in [0.1, 0.15) is 36.1 Å². The second kappa shape index (κ2) is 9.71. The second-order valence-corrected chi connectivity index (χ2v) is 8.15. The highest BCUT2D eigenvalue weighted by molar-refractivity contribution is 8.13. The molecule has 1 aliphatic heterocycles. The third-order valence-corrected chi connectivity index (χ3v) is 6.01.